The summed E-state index contributed by atoms with van der Waals surface area (Å²) in [6.45, 7) is 8.37. The molecule has 7 heteroatoms. The number of imide groups is 1. The van der Waals surface area contributed by atoms with E-state index in [1.165, 1.54) is 24.3 Å². The lowest BCUT2D eigenvalue weighted by molar-refractivity contribution is -0.131. The minimum Gasteiger partial charge on any atom is -0.348 e. The molecule has 0 saturated carbocycles. The van der Waals surface area contributed by atoms with E-state index >= 15 is 0 Å². The van der Waals surface area contributed by atoms with Crippen LogP contribution in [0.3, 0.4) is 0 Å². The van der Waals surface area contributed by atoms with Crippen LogP contribution in [0.5, 0.6) is 0 Å². The first-order valence-corrected chi connectivity index (χ1v) is 10.8. The third kappa shape index (κ3) is 4.13. The average molecular weight is 428 g/mol. The van der Waals surface area contributed by atoms with Crippen LogP contribution in [0.1, 0.15) is 66.8 Å². The van der Waals surface area contributed by atoms with E-state index in [0.717, 1.165) is 35.7 Å². The summed E-state index contributed by atoms with van der Waals surface area (Å²) in [5, 5.41) is 2.80. The summed E-state index contributed by atoms with van der Waals surface area (Å²) in [6.07, 6.45) is 2.85. The molecule has 0 bridgehead atoms. The van der Waals surface area contributed by atoms with E-state index in [2.05, 4.69) is 16.8 Å². The number of carbonyl (C=O) groups excluding carboxylic acids is 3. The molecule has 1 aliphatic heterocycles. The highest BCUT2D eigenvalue weighted by atomic mass is 19.1. The predicted octanol–water partition coefficient (Wildman–Crippen LogP) is 4.47. The van der Waals surface area contributed by atoms with Gasteiger partial charge in [-0.3, -0.25) is 14.5 Å². The standard InChI is InChI=1S/C24H30FN3O3/c1-5-7-12-24(18-8-10-19(25)11-9-18)22(30)28(23(31)26-24)15-21(29)20-14-16(3)27(13-6-2)17(20)4/h8-11,14H,5-7,12-13,15H2,1-4H3,(H,26,31)/t24-/m0/s1. The van der Waals surface area contributed by atoms with E-state index < -0.39 is 23.3 Å². The number of urea groups is 1. The Hall–Kier alpha value is -2.96. The maximum Gasteiger partial charge on any atom is 0.325 e. The van der Waals surface area contributed by atoms with Gasteiger partial charge in [0.05, 0.1) is 6.54 Å². The van der Waals surface area contributed by atoms with E-state index in [1.54, 1.807) is 0 Å². The highest BCUT2D eigenvalue weighted by molar-refractivity contribution is 6.11. The highest BCUT2D eigenvalue weighted by Gasteiger charge is 2.52. The van der Waals surface area contributed by atoms with E-state index in [1.807, 2.05) is 26.8 Å². The molecule has 1 N–H and O–H groups in total. The molecule has 0 spiro atoms. The van der Waals surface area contributed by atoms with Crippen molar-refractivity contribution >= 4 is 17.7 Å². The number of nitrogens with one attached hydrogen (secondary N) is 1. The topological polar surface area (TPSA) is 71.4 Å². The minimum absolute atomic E-state index is 0.274. The summed E-state index contributed by atoms with van der Waals surface area (Å²) in [7, 11) is 0. The van der Waals surface area contributed by atoms with E-state index in [9.17, 15) is 18.8 Å². The predicted molar refractivity (Wildman–Crippen MR) is 116 cm³/mol. The Bertz CT molecular complexity index is 996. The van der Waals surface area contributed by atoms with Gasteiger partial charge in [0, 0.05) is 23.5 Å². The SMILES string of the molecule is CCCC[C@@]1(c2ccc(F)cc2)NC(=O)N(CC(=O)c2cc(C)n(CCC)c2C)C1=O. The molecule has 1 fully saturated rings. The number of aromatic nitrogens is 1. The monoisotopic (exact) mass is 427 g/mol. The van der Waals surface area contributed by atoms with Gasteiger partial charge in [-0.2, -0.15) is 0 Å². The zero-order valence-electron chi connectivity index (χ0n) is 18.6. The molecule has 0 unspecified atom stereocenters. The van der Waals surface area contributed by atoms with Gasteiger partial charge in [-0.25, -0.2) is 9.18 Å². The van der Waals surface area contributed by atoms with Crippen molar-refractivity contribution in [2.75, 3.05) is 6.54 Å². The van der Waals surface area contributed by atoms with Gasteiger partial charge in [0.2, 0.25) is 0 Å². The molecule has 166 valence electrons. The second-order valence-corrected chi connectivity index (χ2v) is 8.20. The van der Waals surface area contributed by atoms with Gasteiger partial charge in [-0.1, -0.05) is 38.8 Å². The maximum atomic E-state index is 13.5. The Labute approximate surface area is 182 Å². The van der Waals surface area contributed by atoms with Crippen molar-refractivity contribution in [3.05, 3.63) is 58.7 Å². The van der Waals surface area contributed by atoms with Crippen LogP contribution in [0.4, 0.5) is 9.18 Å². The van der Waals surface area contributed by atoms with Crippen molar-refractivity contribution in [3.8, 4) is 0 Å². The van der Waals surface area contributed by atoms with Crippen LogP contribution in [0.2, 0.25) is 0 Å². The first-order chi connectivity index (χ1) is 14.7. The van der Waals surface area contributed by atoms with Gasteiger partial charge in [0.1, 0.15) is 11.4 Å². The van der Waals surface area contributed by atoms with E-state index in [-0.39, 0.29) is 12.3 Å². The number of rotatable bonds is 9. The van der Waals surface area contributed by atoms with Crippen LogP contribution < -0.4 is 5.32 Å². The number of Topliss-reactive ketones (excluding diaryl/α,β-unsaturated/α-hetero) is 1. The molecular weight excluding hydrogens is 397 g/mol. The van der Waals surface area contributed by atoms with E-state index in [4.69, 9.17) is 0 Å². The quantitative estimate of drug-likeness (QED) is 0.474. The fourth-order valence-electron chi connectivity index (χ4n) is 4.34. The second-order valence-electron chi connectivity index (χ2n) is 8.20. The lowest BCUT2D eigenvalue weighted by atomic mass is 9.84. The number of amides is 3. The van der Waals surface area contributed by atoms with Crippen LogP contribution in [-0.4, -0.2) is 33.7 Å². The van der Waals surface area contributed by atoms with Crippen LogP contribution in [0.15, 0.2) is 30.3 Å². The number of halogens is 1. The summed E-state index contributed by atoms with van der Waals surface area (Å²) in [6, 6.07) is 6.81. The second kappa shape index (κ2) is 9.04. The molecule has 2 heterocycles. The van der Waals surface area contributed by atoms with Gasteiger partial charge in [0.15, 0.2) is 5.78 Å². The fraction of sp³-hybridized carbons (Fsp3) is 0.458. The molecule has 0 radical (unpaired) electrons. The molecule has 3 amide bonds. The van der Waals surface area contributed by atoms with Crippen molar-refractivity contribution in [3.63, 3.8) is 0 Å². The van der Waals surface area contributed by atoms with Crippen molar-refractivity contribution in [1.29, 1.82) is 0 Å². The van der Waals surface area contributed by atoms with Crippen LogP contribution in [0.25, 0.3) is 0 Å². The molecule has 1 aromatic carbocycles. The largest absolute Gasteiger partial charge is 0.348 e. The number of carbonyl (C=O) groups is 3. The first kappa shape index (κ1) is 22.7. The molecule has 1 saturated heterocycles. The Morgan fingerprint density at radius 3 is 2.39 bits per heavy atom. The minimum atomic E-state index is -1.28. The van der Waals surface area contributed by atoms with E-state index in [0.29, 0.717) is 24.0 Å². The summed E-state index contributed by atoms with van der Waals surface area (Å²) in [4.78, 5) is 40.3. The number of benzene rings is 1. The zero-order chi connectivity index (χ0) is 22.8. The average Bonchev–Trinajstić information content (AvgIpc) is 3.16. The number of ketones is 1. The normalized spacial score (nSPS) is 18.5. The van der Waals surface area contributed by atoms with Gasteiger partial charge >= 0.3 is 6.03 Å². The lowest BCUT2D eigenvalue weighted by Crippen LogP contribution is -2.44. The number of aryl methyl sites for hydroxylation is 1. The number of hydrogen-bond acceptors (Lipinski definition) is 3. The molecule has 1 aliphatic rings. The summed E-state index contributed by atoms with van der Waals surface area (Å²) < 4.78 is 15.5. The Morgan fingerprint density at radius 1 is 1.10 bits per heavy atom. The van der Waals surface area contributed by atoms with Crippen molar-refractivity contribution in [2.24, 2.45) is 0 Å². The highest BCUT2D eigenvalue weighted by Crippen LogP contribution is 2.34. The summed E-state index contributed by atoms with van der Waals surface area (Å²) >= 11 is 0. The Kier molecular flexibility index (Phi) is 6.62. The van der Waals surface area contributed by atoms with Crippen LogP contribution in [-0.2, 0) is 16.9 Å². The molecule has 0 aliphatic carbocycles. The Balaban J connectivity index is 1.90. The molecular formula is C24H30FN3O3. The molecule has 1 atom stereocenters. The molecule has 1 aromatic heterocycles. The fourth-order valence-corrected chi connectivity index (χ4v) is 4.34. The van der Waals surface area contributed by atoms with Gasteiger partial charge < -0.3 is 9.88 Å². The van der Waals surface area contributed by atoms with Crippen molar-refractivity contribution in [1.82, 2.24) is 14.8 Å². The van der Waals surface area contributed by atoms with Crippen molar-refractivity contribution in [2.45, 2.75) is 65.5 Å². The molecule has 2 aromatic rings. The van der Waals surface area contributed by atoms with Crippen molar-refractivity contribution < 1.29 is 18.8 Å². The number of unbranched alkanes of at least 4 members (excludes halogenated alkanes) is 1. The number of nitrogens with zero attached hydrogens (tertiary/aromatic N) is 2. The van der Waals surface area contributed by atoms with Crippen LogP contribution >= 0.6 is 0 Å². The maximum absolute atomic E-state index is 13.5. The Morgan fingerprint density at radius 2 is 1.77 bits per heavy atom. The number of hydrogen-bond donors (Lipinski definition) is 1. The molecule has 31 heavy (non-hydrogen) atoms. The first-order valence-electron chi connectivity index (χ1n) is 10.8. The lowest BCUT2D eigenvalue weighted by Gasteiger charge is -2.27. The zero-order valence-corrected chi connectivity index (χ0v) is 18.6. The summed E-state index contributed by atoms with van der Waals surface area (Å²) in [5.41, 5.74) is 1.59. The third-order valence-corrected chi connectivity index (χ3v) is 6.04. The van der Waals surface area contributed by atoms with Gasteiger partial charge in [-0.05, 0) is 50.5 Å². The smallest absolute Gasteiger partial charge is 0.325 e. The molecule has 3 rings (SSSR count). The van der Waals surface area contributed by atoms with Gasteiger partial charge in [0.25, 0.3) is 5.91 Å². The van der Waals surface area contributed by atoms with Gasteiger partial charge in [-0.15, -0.1) is 0 Å². The summed E-state index contributed by atoms with van der Waals surface area (Å²) in [5.74, 6) is -1.15. The molecule has 6 nitrogen and oxygen atoms in total. The third-order valence-electron chi connectivity index (χ3n) is 6.04. The van der Waals surface area contributed by atoms with Crippen LogP contribution in [0, 0.1) is 19.7 Å².